The van der Waals surface area contributed by atoms with Crippen LogP contribution in [0.2, 0.25) is 0 Å². The van der Waals surface area contributed by atoms with Crippen molar-refractivity contribution in [1.29, 1.82) is 0 Å². The first-order chi connectivity index (χ1) is 10.5. The smallest absolute Gasteiger partial charge is 0.338 e. The molecule has 2 unspecified atom stereocenters. The third-order valence-corrected chi connectivity index (χ3v) is 3.39. The Hall–Kier alpha value is -1.84. The maximum atomic E-state index is 12.2. The fourth-order valence-corrected chi connectivity index (χ4v) is 2.18. The highest BCUT2D eigenvalue weighted by Crippen LogP contribution is 2.20. The highest BCUT2D eigenvalue weighted by molar-refractivity contribution is 5.89. The zero-order chi connectivity index (χ0) is 16.5. The summed E-state index contributed by atoms with van der Waals surface area (Å²) in [6.07, 6.45) is 1.85. The van der Waals surface area contributed by atoms with Crippen LogP contribution in [0.25, 0.3) is 0 Å². The van der Waals surface area contributed by atoms with Gasteiger partial charge in [-0.1, -0.05) is 38.0 Å². The quantitative estimate of drug-likeness (QED) is 0.681. The van der Waals surface area contributed by atoms with Crippen LogP contribution in [0.4, 0.5) is 0 Å². The number of carbonyl (C=O) groups excluding carboxylic acids is 2. The molecule has 1 aromatic rings. The molecule has 2 atom stereocenters. The molecule has 0 saturated heterocycles. The number of unbranched alkanes of at least 4 members (excludes halogenated alkanes) is 1. The van der Waals surface area contributed by atoms with Crippen molar-refractivity contribution in [2.24, 2.45) is 5.92 Å². The Kier molecular flexibility index (Phi) is 7.64. The molecule has 0 bridgehead atoms. The molecule has 0 aliphatic heterocycles. The van der Waals surface area contributed by atoms with Crippen molar-refractivity contribution in [3.05, 3.63) is 35.9 Å². The van der Waals surface area contributed by atoms with E-state index in [0.717, 1.165) is 12.8 Å². The van der Waals surface area contributed by atoms with Gasteiger partial charge in [0.2, 0.25) is 0 Å². The van der Waals surface area contributed by atoms with Crippen LogP contribution < -0.4 is 0 Å². The lowest BCUT2D eigenvalue weighted by Crippen LogP contribution is -2.33. The van der Waals surface area contributed by atoms with Crippen LogP contribution in [0.3, 0.4) is 0 Å². The fourth-order valence-electron chi connectivity index (χ4n) is 2.18. The van der Waals surface area contributed by atoms with Gasteiger partial charge in [-0.3, -0.25) is 4.79 Å². The molecule has 0 saturated carbocycles. The number of hydrogen-bond acceptors (Lipinski definition) is 4. The Morgan fingerprint density at radius 2 is 1.68 bits per heavy atom. The van der Waals surface area contributed by atoms with E-state index in [1.165, 1.54) is 0 Å². The van der Waals surface area contributed by atoms with Crippen LogP contribution in [0.15, 0.2) is 30.3 Å². The number of ether oxygens (including phenoxy) is 2. The zero-order valence-electron chi connectivity index (χ0n) is 13.9. The molecule has 0 heterocycles. The van der Waals surface area contributed by atoms with Gasteiger partial charge < -0.3 is 9.47 Å². The summed E-state index contributed by atoms with van der Waals surface area (Å²) in [5.41, 5.74) is 0.487. The van der Waals surface area contributed by atoms with E-state index in [0.29, 0.717) is 12.0 Å². The molecule has 0 fully saturated rings. The Morgan fingerprint density at radius 1 is 1.05 bits per heavy atom. The summed E-state index contributed by atoms with van der Waals surface area (Å²) < 4.78 is 10.7. The maximum Gasteiger partial charge on any atom is 0.338 e. The second-order valence-electron chi connectivity index (χ2n) is 5.71. The lowest BCUT2D eigenvalue weighted by Gasteiger charge is -2.23. The van der Waals surface area contributed by atoms with Gasteiger partial charge >= 0.3 is 11.9 Å². The van der Waals surface area contributed by atoms with E-state index in [1.54, 1.807) is 31.2 Å². The number of hydrogen-bond donors (Lipinski definition) is 0. The molecule has 0 aliphatic rings. The lowest BCUT2D eigenvalue weighted by atomic mass is 9.96. The van der Waals surface area contributed by atoms with Crippen molar-refractivity contribution >= 4 is 11.9 Å². The molecule has 22 heavy (non-hydrogen) atoms. The molecule has 4 heteroatoms. The predicted octanol–water partition coefficient (Wildman–Crippen LogP) is 3.99. The van der Waals surface area contributed by atoms with Gasteiger partial charge in [-0.2, -0.15) is 0 Å². The van der Waals surface area contributed by atoms with Gasteiger partial charge in [0, 0.05) is 0 Å². The topological polar surface area (TPSA) is 52.6 Å². The maximum absolute atomic E-state index is 12.2. The standard InChI is InChI=1S/C18H26O4/c1-5-6-12-16(18(20)21-13(2)3)14(4)22-17(19)15-10-8-7-9-11-15/h7-11,13-14,16H,5-6,12H2,1-4H3. The van der Waals surface area contributed by atoms with Gasteiger partial charge in [-0.25, -0.2) is 4.79 Å². The molecule has 0 radical (unpaired) electrons. The molecule has 4 nitrogen and oxygen atoms in total. The van der Waals surface area contributed by atoms with E-state index in [-0.39, 0.29) is 12.1 Å². The summed E-state index contributed by atoms with van der Waals surface area (Å²) in [7, 11) is 0. The minimum atomic E-state index is -0.509. The van der Waals surface area contributed by atoms with Gasteiger partial charge in [0.15, 0.2) is 0 Å². The molecular formula is C18H26O4. The predicted molar refractivity (Wildman–Crippen MR) is 85.6 cm³/mol. The number of carbonyl (C=O) groups is 2. The molecule has 0 aliphatic carbocycles. The number of rotatable bonds is 8. The summed E-state index contributed by atoms with van der Waals surface area (Å²) >= 11 is 0. The monoisotopic (exact) mass is 306 g/mol. The Labute approximate surface area is 132 Å². The number of benzene rings is 1. The molecule has 0 aromatic heterocycles. The Balaban J connectivity index is 2.72. The van der Waals surface area contributed by atoms with Crippen LogP contribution >= 0.6 is 0 Å². The van der Waals surface area contributed by atoms with Crippen molar-refractivity contribution in [1.82, 2.24) is 0 Å². The third-order valence-electron chi connectivity index (χ3n) is 3.39. The van der Waals surface area contributed by atoms with Gasteiger partial charge in [-0.15, -0.1) is 0 Å². The number of esters is 2. The molecule has 0 N–H and O–H groups in total. The molecule has 122 valence electrons. The molecule has 1 aromatic carbocycles. The van der Waals surface area contributed by atoms with E-state index < -0.39 is 18.0 Å². The minimum absolute atomic E-state index is 0.173. The lowest BCUT2D eigenvalue weighted by molar-refractivity contribution is -0.156. The van der Waals surface area contributed by atoms with Gasteiger partial charge in [0.05, 0.1) is 17.6 Å². The largest absolute Gasteiger partial charge is 0.463 e. The van der Waals surface area contributed by atoms with Crippen molar-refractivity contribution in [2.75, 3.05) is 0 Å². The first kappa shape index (κ1) is 18.2. The van der Waals surface area contributed by atoms with Crippen LogP contribution in [-0.2, 0) is 14.3 Å². The third kappa shape index (κ3) is 5.88. The van der Waals surface area contributed by atoms with Crippen LogP contribution in [-0.4, -0.2) is 24.1 Å². The first-order valence-electron chi connectivity index (χ1n) is 7.92. The van der Waals surface area contributed by atoms with Crippen molar-refractivity contribution in [3.8, 4) is 0 Å². The van der Waals surface area contributed by atoms with E-state index in [1.807, 2.05) is 19.9 Å². The van der Waals surface area contributed by atoms with E-state index in [9.17, 15) is 9.59 Å². The van der Waals surface area contributed by atoms with Crippen molar-refractivity contribution in [3.63, 3.8) is 0 Å². The van der Waals surface area contributed by atoms with E-state index in [4.69, 9.17) is 9.47 Å². The van der Waals surface area contributed by atoms with Gasteiger partial charge in [0.1, 0.15) is 6.10 Å². The zero-order valence-corrected chi connectivity index (χ0v) is 13.9. The summed E-state index contributed by atoms with van der Waals surface area (Å²) in [6.45, 7) is 7.44. The molecule has 0 spiro atoms. The first-order valence-corrected chi connectivity index (χ1v) is 7.92. The average molecular weight is 306 g/mol. The fraction of sp³-hybridized carbons (Fsp3) is 0.556. The van der Waals surface area contributed by atoms with Crippen LogP contribution in [0.1, 0.15) is 57.3 Å². The van der Waals surface area contributed by atoms with E-state index >= 15 is 0 Å². The van der Waals surface area contributed by atoms with Gasteiger partial charge in [-0.05, 0) is 39.3 Å². The van der Waals surface area contributed by atoms with Gasteiger partial charge in [0.25, 0.3) is 0 Å². The highest BCUT2D eigenvalue weighted by atomic mass is 16.6. The average Bonchev–Trinajstić information content (AvgIpc) is 2.47. The van der Waals surface area contributed by atoms with Crippen molar-refractivity contribution in [2.45, 2.75) is 59.2 Å². The van der Waals surface area contributed by atoms with Crippen LogP contribution in [0.5, 0.6) is 0 Å². The molecule has 1 rings (SSSR count). The minimum Gasteiger partial charge on any atom is -0.463 e. The normalized spacial score (nSPS) is 13.5. The van der Waals surface area contributed by atoms with Crippen molar-refractivity contribution < 1.29 is 19.1 Å². The van der Waals surface area contributed by atoms with E-state index in [2.05, 4.69) is 6.92 Å². The van der Waals surface area contributed by atoms with Crippen LogP contribution in [0, 0.1) is 5.92 Å². The summed E-state index contributed by atoms with van der Waals surface area (Å²) in [4.78, 5) is 24.3. The second kappa shape index (κ2) is 9.23. The Bertz CT molecular complexity index is 467. The Morgan fingerprint density at radius 3 is 2.23 bits per heavy atom. The highest BCUT2D eigenvalue weighted by Gasteiger charge is 2.29. The summed E-state index contributed by atoms with van der Waals surface area (Å²) in [5, 5.41) is 0. The summed E-state index contributed by atoms with van der Waals surface area (Å²) in [5.74, 6) is -1.13. The molecular weight excluding hydrogens is 280 g/mol. The molecule has 0 amide bonds. The second-order valence-corrected chi connectivity index (χ2v) is 5.71. The summed E-state index contributed by atoms with van der Waals surface area (Å²) in [6, 6.07) is 8.79. The SMILES string of the molecule is CCCCC(C(=O)OC(C)C)C(C)OC(=O)c1ccccc1.